The molecule has 1 rings (SSSR count). The van der Waals surface area contributed by atoms with Crippen LogP contribution in [0.15, 0.2) is 18.2 Å². The number of aromatic hydroxyl groups is 1. The van der Waals surface area contributed by atoms with Gasteiger partial charge >= 0.3 is 7.12 Å². The second-order valence-electron chi connectivity index (χ2n) is 5.70. The van der Waals surface area contributed by atoms with Crippen LogP contribution in [0.1, 0.15) is 34.6 Å². The first kappa shape index (κ1) is 16.8. The summed E-state index contributed by atoms with van der Waals surface area (Å²) in [4.78, 5) is 0. The summed E-state index contributed by atoms with van der Waals surface area (Å²) in [5.74, 6) is 0.290. The lowest BCUT2D eigenvalue weighted by Gasteiger charge is -2.38. The minimum absolute atomic E-state index is 0.00421. The zero-order valence-corrected chi connectivity index (χ0v) is 12.7. The zero-order chi connectivity index (χ0) is 15.6. The Morgan fingerprint density at radius 2 is 1.80 bits per heavy atom. The molecule has 0 atom stereocenters. The maximum atomic E-state index is 10.1. The molecule has 0 saturated heterocycles. The molecule has 0 heterocycles. The molecule has 0 aliphatic heterocycles. The molecular formula is C14H23BO5. The van der Waals surface area contributed by atoms with Gasteiger partial charge < -0.3 is 24.6 Å². The van der Waals surface area contributed by atoms with Crippen molar-refractivity contribution >= 4 is 12.6 Å². The maximum Gasteiger partial charge on any atom is 0.491 e. The average molecular weight is 282 g/mol. The molecule has 0 bridgehead atoms. The SMILES string of the molecule is CCOc1cc(B(O)OC(C)(C)C(C)(C)O)ccc1O. The predicted octanol–water partition coefficient (Wildman–Crippen LogP) is 1.04. The topological polar surface area (TPSA) is 79.2 Å². The van der Waals surface area contributed by atoms with E-state index in [0.29, 0.717) is 12.1 Å². The Bertz CT molecular complexity index is 453. The van der Waals surface area contributed by atoms with Crippen LogP contribution in [0.5, 0.6) is 11.5 Å². The maximum absolute atomic E-state index is 10.1. The van der Waals surface area contributed by atoms with Crippen LogP contribution in [0.2, 0.25) is 0 Å². The van der Waals surface area contributed by atoms with E-state index in [0.717, 1.165) is 0 Å². The summed E-state index contributed by atoms with van der Waals surface area (Å²) in [7, 11) is -1.23. The molecule has 20 heavy (non-hydrogen) atoms. The highest BCUT2D eigenvalue weighted by Crippen LogP contribution is 2.27. The quantitative estimate of drug-likeness (QED) is 0.679. The average Bonchev–Trinajstić information content (AvgIpc) is 2.30. The van der Waals surface area contributed by atoms with Crippen molar-refractivity contribution < 1.29 is 24.6 Å². The number of phenolic OH excluding ortho intramolecular Hbond substituents is 1. The molecular weight excluding hydrogens is 259 g/mol. The van der Waals surface area contributed by atoms with Gasteiger partial charge in [-0.2, -0.15) is 0 Å². The molecule has 3 N–H and O–H groups in total. The van der Waals surface area contributed by atoms with Crippen molar-refractivity contribution in [2.75, 3.05) is 6.61 Å². The third-order valence-electron chi connectivity index (χ3n) is 3.45. The fraction of sp³-hybridized carbons (Fsp3) is 0.571. The van der Waals surface area contributed by atoms with Gasteiger partial charge in [0.15, 0.2) is 11.5 Å². The summed E-state index contributed by atoms with van der Waals surface area (Å²) in [5.41, 5.74) is -1.62. The molecule has 0 spiro atoms. The highest BCUT2D eigenvalue weighted by molar-refractivity contribution is 6.60. The fourth-order valence-corrected chi connectivity index (χ4v) is 1.45. The highest BCUT2D eigenvalue weighted by Gasteiger charge is 2.39. The van der Waals surface area contributed by atoms with Gasteiger partial charge in [-0.3, -0.25) is 0 Å². The monoisotopic (exact) mass is 282 g/mol. The number of benzene rings is 1. The Balaban J connectivity index is 2.93. The van der Waals surface area contributed by atoms with Gasteiger partial charge in [0.2, 0.25) is 0 Å². The second-order valence-corrected chi connectivity index (χ2v) is 5.70. The number of hydrogen-bond donors (Lipinski definition) is 3. The van der Waals surface area contributed by atoms with Crippen LogP contribution in [0, 0.1) is 0 Å². The van der Waals surface area contributed by atoms with Crippen LogP contribution in [0.25, 0.3) is 0 Å². The van der Waals surface area contributed by atoms with E-state index in [9.17, 15) is 15.2 Å². The third kappa shape index (κ3) is 3.88. The largest absolute Gasteiger partial charge is 0.504 e. The van der Waals surface area contributed by atoms with Gasteiger partial charge in [0.05, 0.1) is 17.8 Å². The van der Waals surface area contributed by atoms with Crippen molar-refractivity contribution in [3.05, 3.63) is 18.2 Å². The molecule has 0 amide bonds. The summed E-state index contributed by atoms with van der Waals surface area (Å²) >= 11 is 0. The number of phenols is 1. The molecule has 1 aromatic carbocycles. The number of rotatable bonds is 6. The smallest absolute Gasteiger partial charge is 0.491 e. The van der Waals surface area contributed by atoms with E-state index in [1.54, 1.807) is 40.7 Å². The molecule has 6 heteroatoms. The normalized spacial score (nSPS) is 12.3. The molecule has 0 aliphatic rings. The minimum atomic E-state index is -1.23. The fourth-order valence-electron chi connectivity index (χ4n) is 1.45. The van der Waals surface area contributed by atoms with E-state index < -0.39 is 18.3 Å². The van der Waals surface area contributed by atoms with E-state index in [2.05, 4.69) is 0 Å². The summed E-state index contributed by atoms with van der Waals surface area (Å²) in [5, 5.41) is 29.8. The zero-order valence-electron chi connectivity index (χ0n) is 12.7. The van der Waals surface area contributed by atoms with E-state index in [4.69, 9.17) is 9.39 Å². The highest BCUT2D eigenvalue weighted by atomic mass is 16.5. The molecule has 0 fully saturated rings. The Hall–Kier alpha value is -1.24. The Labute approximate surface area is 120 Å². The molecule has 0 aliphatic carbocycles. The molecule has 1 aromatic rings. The summed E-state index contributed by atoms with van der Waals surface area (Å²) in [6.07, 6.45) is 0. The van der Waals surface area contributed by atoms with Crippen molar-refractivity contribution in [1.29, 1.82) is 0 Å². The minimum Gasteiger partial charge on any atom is -0.504 e. The number of hydrogen-bond acceptors (Lipinski definition) is 5. The van der Waals surface area contributed by atoms with Crippen LogP contribution in [0.4, 0.5) is 0 Å². The molecule has 112 valence electrons. The van der Waals surface area contributed by atoms with Crippen molar-refractivity contribution in [2.45, 2.75) is 45.8 Å². The van der Waals surface area contributed by atoms with E-state index in [1.807, 2.05) is 0 Å². The summed E-state index contributed by atoms with van der Waals surface area (Å²) < 4.78 is 10.8. The summed E-state index contributed by atoms with van der Waals surface area (Å²) in [6, 6.07) is 4.50. The van der Waals surface area contributed by atoms with Gasteiger partial charge in [-0.1, -0.05) is 6.07 Å². The first-order valence-corrected chi connectivity index (χ1v) is 6.62. The van der Waals surface area contributed by atoms with Gasteiger partial charge in [-0.05, 0) is 52.2 Å². The van der Waals surface area contributed by atoms with Crippen LogP contribution in [-0.4, -0.2) is 40.2 Å². The molecule has 0 radical (unpaired) electrons. The van der Waals surface area contributed by atoms with E-state index >= 15 is 0 Å². The molecule has 0 unspecified atom stereocenters. The van der Waals surface area contributed by atoms with Crippen LogP contribution >= 0.6 is 0 Å². The van der Waals surface area contributed by atoms with Gasteiger partial charge in [-0.25, -0.2) is 0 Å². The second kappa shape index (κ2) is 6.03. The van der Waals surface area contributed by atoms with Gasteiger partial charge in [0.25, 0.3) is 0 Å². The summed E-state index contributed by atoms with van der Waals surface area (Å²) in [6.45, 7) is 8.82. The molecule has 0 aromatic heterocycles. The number of aliphatic hydroxyl groups is 1. The van der Waals surface area contributed by atoms with Crippen LogP contribution < -0.4 is 10.2 Å². The molecule has 5 nitrogen and oxygen atoms in total. The van der Waals surface area contributed by atoms with Crippen molar-refractivity contribution in [3.63, 3.8) is 0 Å². The molecule has 0 saturated carbocycles. The lowest BCUT2D eigenvalue weighted by molar-refractivity contribution is -0.0982. The van der Waals surface area contributed by atoms with Crippen LogP contribution in [-0.2, 0) is 4.65 Å². The van der Waals surface area contributed by atoms with E-state index in [-0.39, 0.29) is 11.5 Å². The van der Waals surface area contributed by atoms with Gasteiger partial charge in [-0.15, -0.1) is 0 Å². The van der Waals surface area contributed by atoms with Crippen molar-refractivity contribution in [3.8, 4) is 11.5 Å². The van der Waals surface area contributed by atoms with Crippen LogP contribution in [0.3, 0.4) is 0 Å². The standard InChI is InChI=1S/C14H23BO5/c1-6-19-12-9-10(7-8-11(12)16)15(18)20-14(4,5)13(2,3)17/h7-9,16-18H,6H2,1-5H3. The van der Waals surface area contributed by atoms with E-state index in [1.165, 1.54) is 12.1 Å². The lowest BCUT2D eigenvalue weighted by Crippen LogP contribution is -2.53. The Morgan fingerprint density at radius 1 is 1.20 bits per heavy atom. The van der Waals surface area contributed by atoms with Crippen molar-refractivity contribution in [1.82, 2.24) is 0 Å². The first-order chi connectivity index (χ1) is 9.08. The van der Waals surface area contributed by atoms with Crippen molar-refractivity contribution in [2.24, 2.45) is 0 Å². The first-order valence-electron chi connectivity index (χ1n) is 6.62. The Morgan fingerprint density at radius 3 is 2.30 bits per heavy atom. The predicted molar refractivity (Wildman–Crippen MR) is 78.3 cm³/mol. The number of ether oxygens (including phenoxy) is 1. The van der Waals surface area contributed by atoms with Gasteiger partial charge in [0.1, 0.15) is 0 Å². The Kier molecular flexibility index (Phi) is 5.07. The third-order valence-corrected chi connectivity index (χ3v) is 3.45. The lowest BCUT2D eigenvalue weighted by atomic mass is 9.76. The van der Waals surface area contributed by atoms with Gasteiger partial charge in [0, 0.05) is 0 Å².